The summed E-state index contributed by atoms with van der Waals surface area (Å²) in [7, 11) is 0. The molecule has 3 heteroatoms. The third-order valence-electron chi connectivity index (χ3n) is 1.89. The summed E-state index contributed by atoms with van der Waals surface area (Å²) in [6.07, 6.45) is 0. The molecule has 1 aromatic carbocycles. The van der Waals surface area contributed by atoms with Crippen LogP contribution in [0.1, 0.15) is 17.5 Å². The van der Waals surface area contributed by atoms with E-state index in [0.29, 0.717) is 5.76 Å². The van der Waals surface area contributed by atoms with Crippen molar-refractivity contribution < 1.29 is 9.21 Å². The predicted molar refractivity (Wildman–Crippen MR) is 59.3 cm³/mol. The smallest absolute Gasteiger partial charge is 0.194 e. The number of hydrogen-bond acceptors (Lipinski definition) is 3. The van der Waals surface area contributed by atoms with E-state index in [-0.39, 0.29) is 5.78 Å². The first kappa shape index (κ1) is 10.1. The van der Waals surface area contributed by atoms with Crippen LogP contribution in [0.25, 0.3) is 0 Å². The monoisotopic (exact) mass is 218 g/mol. The molecule has 0 unspecified atom stereocenters. The highest BCUT2D eigenvalue weighted by molar-refractivity contribution is 7.99. The second kappa shape index (κ2) is 4.36. The maximum Gasteiger partial charge on any atom is 0.194 e. The van der Waals surface area contributed by atoms with E-state index in [9.17, 15) is 4.79 Å². The molecule has 1 aromatic heterocycles. The number of rotatable bonds is 3. The summed E-state index contributed by atoms with van der Waals surface area (Å²) < 4.78 is 5.36. The number of ketones is 1. The van der Waals surface area contributed by atoms with Crippen LogP contribution in [0.15, 0.2) is 56.9 Å². The van der Waals surface area contributed by atoms with Crippen molar-refractivity contribution in [2.45, 2.75) is 16.9 Å². The van der Waals surface area contributed by atoms with Gasteiger partial charge in [-0.05, 0) is 24.3 Å². The van der Waals surface area contributed by atoms with Gasteiger partial charge < -0.3 is 4.42 Å². The normalized spacial score (nSPS) is 10.2. The first-order valence-corrected chi connectivity index (χ1v) is 5.41. The van der Waals surface area contributed by atoms with Crippen LogP contribution < -0.4 is 0 Å². The van der Waals surface area contributed by atoms with Gasteiger partial charge in [0.1, 0.15) is 0 Å². The molecule has 0 radical (unpaired) electrons. The lowest BCUT2D eigenvalue weighted by molar-refractivity contribution is 0.0982. The molecule has 0 saturated carbocycles. The topological polar surface area (TPSA) is 30.2 Å². The quantitative estimate of drug-likeness (QED) is 0.737. The van der Waals surface area contributed by atoms with E-state index < -0.39 is 0 Å². The minimum atomic E-state index is -0.0464. The summed E-state index contributed by atoms with van der Waals surface area (Å²) in [5, 5.41) is 0.742. The first-order valence-electron chi connectivity index (χ1n) is 4.59. The molecule has 15 heavy (non-hydrogen) atoms. The van der Waals surface area contributed by atoms with Gasteiger partial charge in [-0.25, -0.2) is 0 Å². The van der Waals surface area contributed by atoms with Gasteiger partial charge in [-0.15, -0.1) is 0 Å². The molecule has 0 aliphatic carbocycles. The van der Waals surface area contributed by atoms with Crippen molar-refractivity contribution in [3.8, 4) is 0 Å². The molecule has 0 spiro atoms. The highest BCUT2D eigenvalue weighted by Crippen LogP contribution is 2.28. The van der Waals surface area contributed by atoms with Gasteiger partial charge in [-0.2, -0.15) is 0 Å². The lowest BCUT2D eigenvalue weighted by atomic mass is 10.3. The van der Waals surface area contributed by atoms with E-state index >= 15 is 0 Å². The summed E-state index contributed by atoms with van der Waals surface area (Å²) in [4.78, 5) is 12.1. The lowest BCUT2D eigenvalue weighted by Gasteiger charge is -1.95. The number of furan rings is 1. The summed E-state index contributed by atoms with van der Waals surface area (Å²) in [6.45, 7) is 1.50. The molecule has 76 valence electrons. The van der Waals surface area contributed by atoms with Gasteiger partial charge in [0.25, 0.3) is 0 Å². The maximum atomic E-state index is 11.0. The largest absolute Gasteiger partial charge is 0.446 e. The fourth-order valence-corrected chi connectivity index (χ4v) is 1.96. The Labute approximate surface area is 92.3 Å². The fourth-order valence-electron chi connectivity index (χ4n) is 1.17. The van der Waals surface area contributed by atoms with E-state index in [4.69, 9.17) is 4.42 Å². The second-order valence-corrected chi connectivity index (χ2v) is 4.17. The van der Waals surface area contributed by atoms with Crippen LogP contribution in [0.3, 0.4) is 0 Å². The van der Waals surface area contributed by atoms with Crippen LogP contribution in [-0.4, -0.2) is 5.78 Å². The number of Topliss-reactive ketones (excluding diaryl/α,β-unsaturated/α-hetero) is 1. The van der Waals surface area contributed by atoms with Crippen molar-refractivity contribution in [1.82, 2.24) is 0 Å². The van der Waals surface area contributed by atoms with Gasteiger partial charge in [-0.1, -0.05) is 30.0 Å². The van der Waals surface area contributed by atoms with E-state index in [1.165, 1.54) is 18.7 Å². The van der Waals surface area contributed by atoms with Crippen molar-refractivity contribution in [2.75, 3.05) is 0 Å². The molecule has 0 fully saturated rings. The average Bonchev–Trinajstić information content (AvgIpc) is 2.68. The van der Waals surface area contributed by atoms with Crippen molar-refractivity contribution in [3.05, 3.63) is 48.2 Å². The molecular formula is C12H10O2S. The zero-order chi connectivity index (χ0) is 10.7. The Bertz CT molecular complexity index is 459. The molecule has 0 saturated heterocycles. The molecule has 2 rings (SSSR count). The molecule has 0 aliphatic rings. The molecule has 0 amide bonds. The van der Waals surface area contributed by atoms with Crippen LogP contribution in [0.5, 0.6) is 0 Å². The summed E-state index contributed by atoms with van der Waals surface area (Å²) in [5.41, 5.74) is 0. The highest BCUT2D eigenvalue weighted by atomic mass is 32.2. The van der Waals surface area contributed by atoms with Crippen LogP contribution >= 0.6 is 11.8 Å². The Morgan fingerprint density at radius 1 is 1.13 bits per heavy atom. The zero-order valence-corrected chi connectivity index (χ0v) is 9.08. The zero-order valence-electron chi connectivity index (χ0n) is 8.27. The predicted octanol–water partition coefficient (Wildman–Crippen LogP) is 3.63. The van der Waals surface area contributed by atoms with Crippen LogP contribution in [0.4, 0.5) is 0 Å². The Hall–Kier alpha value is -1.48. The molecule has 2 nitrogen and oxygen atoms in total. The molecule has 0 bridgehead atoms. The minimum Gasteiger partial charge on any atom is -0.446 e. The number of carbonyl (C=O) groups excluding carboxylic acids is 1. The third kappa shape index (κ3) is 2.50. The van der Waals surface area contributed by atoms with Crippen molar-refractivity contribution in [3.63, 3.8) is 0 Å². The SMILES string of the molecule is CC(=O)c1ccc(Sc2ccccc2)o1. The second-order valence-electron chi connectivity index (χ2n) is 3.09. The number of hydrogen-bond donors (Lipinski definition) is 0. The van der Waals surface area contributed by atoms with Crippen molar-refractivity contribution in [2.24, 2.45) is 0 Å². The summed E-state index contributed by atoms with van der Waals surface area (Å²) >= 11 is 1.51. The van der Waals surface area contributed by atoms with Gasteiger partial charge >= 0.3 is 0 Å². The first-order chi connectivity index (χ1) is 7.25. The van der Waals surface area contributed by atoms with E-state index in [1.54, 1.807) is 6.07 Å². The van der Waals surface area contributed by atoms with Gasteiger partial charge in [0.05, 0.1) is 0 Å². The molecule has 0 N–H and O–H groups in total. The molecule has 2 aromatic rings. The van der Waals surface area contributed by atoms with Gasteiger partial charge in [0, 0.05) is 11.8 Å². The minimum absolute atomic E-state index is 0.0464. The third-order valence-corrected chi connectivity index (χ3v) is 2.82. The Balaban J connectivity index is 2.15. The van der Waals surface area contributed by atoms with Gasteiger partial charge in [-0.3, -0.25) is 4.79 Å². The Kier molecular flexibility index (Phi) is 2.92. The van der Waals surface area contributed by atoms with E-state index in [2.05, 4.69) is 0 Å². The fraction of sp³-hybridized carbons (Fsp3) is 0.0833. The number of carbonyl (C=O) groups is 1. The standard InChI is InChI=1S/C12H10O2S/c1-9(13)11-7-8-12(14-11)15-10-5-3-2-4-6-10/h2-8H,1H3. The van der Waals surface area contributed by atoms with Gasteiger partial charge in [0.15, 0.2) is 16.6 Å². The van der Waals surface area contributed by atoms with Crippen molar-refractivity contribution in [1.29, 1.82) is 0 Å². The Morgan fingerprint density at radius 2 is 1.87 bits per heavy atom. The molecule has 0 atom stereocenters. The maximum absolute atomic E-state index is 11.0. The highest BCUT2D eigenvalue weighted by Gasteiger charge is 2.06. The number of benzene rings is 1. The molecular weight excluding hydrogens is 208 g/mol. The van der Waals surface area contributed by atoms with Crippen molar-refractivity contribution >= 4 is 17.5 Å². The summed E-state index contributed by atoms with van der Waals surface area (Å²) in [6, 6.07) is 13.4. The molecule has 1 heterocycles. The van der Waals surface area contributed by atoms with Crippen LogP contribution in [0, 0.1) is 0 Å². The lowest BCUT2D eigenvalue weighted by Crippen LogP contribution is -1.85. The van der Waals surface area contributed by atoms with Crippen LogP contribution in [0.2, 0.25) is 0 Å². The van der Waals surface area contributed by atoms with Gasteiger partial charge in [0.2, 0.25) is 0 Å². The molecule has 0 aliphatic heterocycles. The van der Waals surface area contributed by atoms with E-state index in [1.807, 2.05) is 36.4 Å². The summed E-state index contributed by atoms with van der Waals surface area (Å²) in [5.74, 6) is 0.364. The van der Waals surface area contributed by atoms with Crippen LogP contribution in [-0.2, 0) is 0 Å². The average molecular weight is 218 g/mol. The Morgan fingerprint density at radius 3 is 2.47 bits per heavy atom. The van der Waals surface area contributed by atoms with E-state index in [0.717, 1.165) is 9.99 Å².